The quantitative estimate of drug-likeness (QED) is 0.833. The zero-order chi connectivity index (χ0) is 10.8. The van der Waals surface area contributed by atoms with Gasteiger partial charge in [0.25, 0.3) is 0 Å². The number of thioether (sulfide) groups is 1. The molecule has 1 aromatic rings. The van der Waals surface area contributed by atoms with Gasteiger partial charge in [-0.1, -0.05) is 12.1 Å². The summed E-state index contributed by atoms with van der Waals surface area (Å²) in [4.78, 5) is 10.8. The molecule has 1 N–H and O–H groups in total. The van der Waals surface area contributed by atoms with Gasteiger partial charge in [-0.15, -0.1) is 0 Å². The fourth-order valence-electron chi connectivity index (χ4n) is 1.14. The first-order chi connectivity index (χ1) is 6.47. The van der Waals surface area contributed by atoms with Gasteiger partial charge in [-0.25, -0.2) is 4.79 Å². The summed E-state index contributed by atoms with van der Waals surface area (Å²) in [6.07, 6.45) is 2.02. The smallest absolute Gasteiger partial charge is 0.335 e. The van der Waals surface area contributed by atoms with Gasteiger partial charge in [-0.3, -0.25) is 0 Å². The molecule has 3 heteroatoms. The Morgan fingerprint density at radius 3 is 2.57 bits per heavy atom. The highest BCUT2D eigenvalue weighted by atomic mass is 32.2. The van der Waals surface area contributed by atoms with Gasteiger partial charge in [0.05, 0.1) is 5.56 Å². The van der Waals surface area contributed by atoms with E-state index in [4.69, 9.17) is 5.11 Å². The standard InChI is InChI=1S/C11H14O2S/c1-11(2,14-3)9-6-4-5-8(7-9)10(12)13/h4-7H,1-3H3,(H,12,13). The molecule has 0 aliphatic heterocycles. The van der Waals surface area contributed by atoms with Crippen LogP contribution in [0.15, 0.2) is 24.3 Å². The van der Waals surface area contributed by atoms with E-state index in [9.17, 15) is 4.79 Å². The minimum Gasteiger partial charge on any atom is -0.478 e. The second-order valence-electron chi connectivity index (χ2n) is 3.60. The van der Waals surface area contributed by atoms with Crippen molar-refractivity contribution in [2.75, 3.05) is 6.26 Å². The summed E-state index contributed by atoms with van der Waals surface area (Å²) in [5.41, 5.74) is 1.40. The van der Waals surface area contributed by atoms with Crippen molar-refractivity contribution in [3.8, 4) is 0 Å². The van der Waals surface area contributed by atoms with Crippen molar-refractivity contribution in [3.63, 3.8) is 0 Å². The van der Waals surface area contributed by atoms with Gasteiger partial charge in [0.15, 0.2) is 0 Å². The number of hydrogen-bond donors (Lipinski definition) is 1. The molecule has 0 heterocycles. The van der Waals surface area contributed by atoms with Crippen molar-refractivity contribution in [2.24, 2.45) is 0 Å². The molecular formula is C11H14O2S. The number of carboxylic acids is 1. The fourth-order valence-corrected chi connectivity index (χ4v) is 1.51. The maximum Gasteiger partial charge on any atom is 0.335 e. The summed E-state index contributed by atoms with van der Waals surface area (Å²) >= 11 is 1.71. The molecule has 1 rings (SSSR count). The molecule has 2 nitrogen and oxygen atoms in total. The van der Waals surface area contributed by atoms with E-state index in [2.05, 4.69) is 13.8 Å². The fraction of sp³-hybridized carbons (Fsp3) is 0.364. The molecular weight excluding hydrogens is 196 g/mol. The maximum atomic E-state index is 10.8. The van der Waals surface area contributed by atoms with E-state index >= 15 is 0 Å². The highest BCUT2D eigenvalue weighted by molar-refractivity contribution is 7.99. The Morgan fingerprint density at radius 2 is 2.07 bits per heavy atom. The predicted molar refractivity (Wildman–Crippen MR) is 59.9 cm³/mol. The summed E-state index contributed by atoms with van der Waals surface area (Å²) in [7, 11) is 0. The Labute approximate surface area is 88.3 Å². The molecule has 0 aliphatic rings. The third-order valence-electron chi connectivity index (χ3n) is 2.32. The molecule has 0 bridgehead atoms. The number of hydrogen-bond acceptors (Lipinski definition) is 2. The molecule has 0 spiro atoms. The van der Waals surface area contributed by atoms with Crippen LogP contribution in [0, 0.1) is 0 Å². The Hall–Kier alpha value is -0.960. The average molecular weight is 210 g/mol. The number of rotatable bonds is 3. The third-order valence-corrected chi connectivity index (χ3v) is 3.57. The van der Waals surface area contributed by atoms with Crippen LogP contribution in [0.4, 0.5) is 0 Å². The summed E-state index contributed by atoms with van der Waals surface area (Å²) < 4.78 is -0.0362. The number of carbonyl (C=O) groups is 1. The van der Waals surface area contributed by atoms with Crippen molar-refractivity contribution in [2.45, 2.75) is 18.6 Å². The van der Waals surface area contributed by atoms with Gasteiger partial charge >= 0.3 is 5.97 Å². The predicted octanol–water partition coefficient (Wildman–Crippen LogP) is 2.98. The third kappa shape index (κ3) is 2.29. The van der Waals surface area contributed by atoms with Crippen LogP contribution in [0.3, 0.4) is 0 Å². The number of carboxylic acid groups (broad SMARTS) is 1. The molecule has 0 saturated carbocycles. The van der Waals surface area contributed by atoms with E-state index in [1.807, 2.05) is 12.3 Å². The number of aromatic carboxylic acids is 1. The van der Waals surface area contributed by atoms with Gasteiger partial charge in [-0.05, 0) is 37.8 Å². The van der Waals surface area contributed by atoms with E-state index in [-0.39, 0.29) is 4.75 Å². The minimum absolute atomic E-state index is 0.0362. The average Bonchev–Trinajstić information content (AvgIpc) is 2.18. The van der Waals surface area contributed by atoms with Gasteiger partial charge in [-0.2, -0.15) is 11.8 Å². The van der Waals surface area contributed by atoms with Crippen molar-refractivity contribution >= 4 is 17.7 Å². The van der Waals surface area contributed by atoms with Crippen LogP contribution in [0.2, 0.25) is 0 Å². The second kappa shape index (κ2) is 4.05. The minimum atomic E-state index is -0.872. The first-order valence-electron chi connectivity index (χ1n) is 4.36. The Morgan fingerprint density at radius 1 is 1.43 bits per heavy atom. The highest BCUT2D eigenvalue weighted by Crippen LogP contribution is 2.33. The van der Waals surface area contributed by atoms with Crippen LogP contribution < -0.4 is 0 Å². The van der Waals surface area contributed by atoms with Gasteiger partial charge < -0.3 is 5.11 Å². The van der Waals surface area contributed by atoms with Crippen LogP contribution in [-0.4, -0.2) is 17.3 Å². The van der Waals surface area contributed by atoms with E-state index in [1.54, 1.807) is 30.0 Å². The lowest BCUT2D eigenvalue weighted by Gasteiger charge is -2.22. The van der Waals surface area contributed by atoms with Crippen molar-refractivity contribution in [1.82, 2.24) is 0 Å². The summed E-state index contributed by atoms with van der Waals surface area (Å²) in [5, 5.41) is 8.84. The van der Waals surface area contributed by atoms with E-state index in [0.717, 1.165) is 5.56 Å². The highest BCUT2D eigenvalue weighted by Gasteiger charge is 2.19. The van der Waals surface area contributed by atoms with Crippen LogP contribution in [0.1, 0.15) is 29.8 Å². The first kappa shape index (κ1) is 11.1. The Kier molecular flexibility index (Phi) is 3.21. The molecule has 0 unspecified atom stereocenters. The van der Waals surface area contributed by atoms with Crippen LogP contribution >= 0.6 is 11.8 Å². The zero-order valence-corrected chi connectivity index (χ0v) is 9.39. The van der Waals surface area contributed by atoms with Crippen molar-refractivity contribution in [3.05, 3.63) is 35.4 Å². The maximum absolute atomic E-state index is 10.8. The molecule has 0 aromatic heterocycles. The van der Waals surface area contributed by atoms with Crippen LogP contribution in [-0.2, 0) is 4.75 Å². The van der Waals surface area contributed by atoms with Gasteiger partial charge in [0.1, 0.15) is 0 Å². The summed E-state index contributed by atoms with van der Waals surface area (Å²) in [5.74, 6) is -0.872. The Bertz CT molecular complexity index is 345. The molecule has 0 saturated heterocycles. The monoisotopic (exact) mass is 210 g/mol. The second-order valence-corrected chi connectivity index (χ2v) is 5.03. The first-order valence-corrected chi connectivity index (χ1v) is 5.59. The van der Waals surface area contributed by atoms with Crippen molar-refractivity contribution in [1.29, 1.82) is 0 Å². The van der Waals surface area contributed by atoms with Gasteiger partial charge in [0, 0.05) is 4.75 Å². The lowest BCUT2D eigenvalue weighted by molar-refractivity contribution is 0.0697. The lowest BCUT2D eigenvalue weighted by atomic mass is 10.00. The molecule has 0 radical (unpaired) electrons. The molecule has 1 aromatic carbocycles. The van der Waals surface area contributed by atoms with E-state index in [1.165, 1.54) is 0 Å². The normalized spacial score (nSPS) is 11.4. The Balaban J connectivity index is 3.12. The number of benzene rings is 1. The lowest BCUT2D eigenvalue weighted by Crippen LogP contribution is -2.12. The van der Waals surface area contributed by atoms with E-state index in [0.29, 0.717) is 5.56 Å². The largest absolute Gasteiger partial charge is 0.478 e. The molecule has 0 aliphatic carbocycles. The van der Waals surface area contributed by atoms with E-state index < -0.39 is 5.97 Å². The molecule has 76 valence electrons. The SMILES string of the molecule is CSC(C)(C)c1cccc(C(=O)O)c1. The van der Waals surface area contributed by atoms with Gasteiger partial charge in [0.2, 0.25) is 0 Å². The summed E-state index contributed by atoms with van der Waals surface area (Å²) in [6, 6.07) is 7.10. The van der Waals surface area contributed by atoms with Crippen LogP contribution in [0.25, 0.3) is 0 Å². The summed E-state index contributed by atoms with van der Waals surface area (Å²) in [6.45, 7) is 4.16. The van der Waals surface area contributed by atoms with Crippen LogP contribution in [0.5, 0.6) is 0 Å². The molecule has 14 heavy (non-hydrogen) atoms. The molecule has 0 amide bonds. The zero-order valence-electron chi connectivity index (χ0n) is 8.57. The van der Waals surface area contributed by atoms with Crippen molar-refractivity contribution < 1.29 is 9.90 Å². The molecule has 0 fully saturated rings. The molecule has 0 atom stereocenters. The topological polar surface area (TPSA) is 37.3 Å².